The molecule has 0 saturated carbocycles. The van der Waals surface area contributed by atoms with Crippen molar-refractivity contribution in [2.45, 2.75) is 302 Å². The van der Waals surface area contributed by atoms with E-state index in [-0.39, 0.29) is 135 Å². The number of aliphatic hydroxyl groups excluding tert-OH is 16. The van der Waals surface area contributed by atoms with Crippen LogP contribution in [-0.4, -0.2) is 389 Å². The zero-order chi connectivity index (χ0) is 84.6. The molecular formula is C72H120N6O37. The van der Waals surface area contributed by atoms with Crippen molar-refractivity contribution in [2.24, 2.45) is 5.92 Å². The van der Waals surface area contributed by atoms with Crippen LogP contribution in [-0.2, 0) is 100 Å². The van der Waals surface area contributed by atoms with Crippen LogP contribution in [0, 0.1) is 5.92 Å². The molecule has 6 aliphatic rings. The number of imide groups is 1. The average molecular weight is 1660 g/mol. The Balaban J connectivity index is 0.993. The van der Waals surface area contributed by atoms with Crippen molar-refractivity contribution in [2.75, 3.05) is 85.5 Å². The minimum atomic E-state index is -1.98. The minimum absolute atomic E-state index is 0.0304. The molecule has 43 heteroatoms. The number of nitrogens with zero attached hydrogens (tertiary/aromatic N) is 2. The van der Waals surface area contributed by atoms with Crippen LogP contribution in [0.15, 0.2) is 0 Å². The van der Waals surface area contributed by atoms with Crippen molar-refractivity contribution in [1.29, 1.82) is 0 Å². The standard InChI is InChI=1S/C72H120N6O37/c1-37-52(90)57(95)61(99)68(109-37)105-27-12-16-41(82)15-7-4-11-25-76-67(104)39(19-20-46(84)75-26-29-107-69-62(100)58(96)53(91)38(2)110-69)30-42(83)31-77(33-48(86)74-24-10-5-8-18-51(89)115-78-49(87)21-22-50(78)88)32-47(85)73-23-9-3-6-14-40(81)17-13-28-106-71-65(103)66(114-72-64(102)60(98)55(93)44(35-80)112-72)56(94)45(113-71)36-108-70-63(101)59(97)54(92)43(34-79)111-70/h37-39,43-45,52-66,68-72,79-80,90-103H,3-36H2,1-2H3,(H,73,85)(H,74,86)(H,75,84)(H,76,104)/t37-,38-,39+,43+,44+,45+,52+,53+,54+,55+,56+,57+,58+,59-,60-,61-,62-,63-,64-,65-,66-,68+,69+,70-,71-,72+/m0/s1. The first-order chi connectivity index (χ1) is 54.7. The van der Waals surface area contributed by atoms with Gasteiger partial charge in [0.25, 0.3) is 11.8 Å². The van der Waals surface area contributed by atoms with Crippen LogP contribution in [0.25, 0.3) is 0 Å². The molecule has 6 amide bonds. The minimum Gasteiger partial charge on any atom is -0.394 e. The number of amides is 6. The van der Waals surface area contributed by atoms with Gasteiger partial charge in [0.2, 0.25) is 23.6 Å². The molecule has 0 spiro atoms. The van der Waals surface area contributed by atoms with Gasteiger partial charge in [-0.25, -0.2) is 4.79 Å². The van der Waals surface area contributed by atoms with E-state index in [1.807, 2.05) is 0 Å². The number of nitrogens with one attached hydrogen (secondary N) is 4. The van der Waals surface area contributed by atoms with Crippen LogP contribution in [0.2, 0.25) is 0 Å². The predicted octanol–water partition coefficient (Wildman–Crippen LogP) is -8.75. The lowest BCUT2D eigenvalue weighted by Gasteiger charge is -2.46. The Kier molecular flexibility index (Phi) is 43.1. The summed E-state index contributed by atoms with van der Waals surface area (Å²) >= 11 is 0. The number of aliphatic hydroxyl groups is 16. The van der Waals surface area contributed by atoms with Gasteiger partial charge in [-0.15, -0.1) is 5.06 Å². The first kappa shape index (κ1) is 98.2. The fraction of sp³-hybridized carbons (Fsp3) is 0.861. The Morgan fingerprint density at radius 1 is 0.409 bits per heavy atom. The third kappa shape index (κ3) is 31.5. The summed E-state index contributed by atoms with van der Waals surface area (Å²) in [6.07, 6.45) is -36.2. The van der Waals surface area contributed by atoms with Crippen molar-refractivity contribution in [3.63, 3.8) is 0 Å². The first-order valence-corrected chi connectivity index (χ1v) is 39.3. The molecular weight excluding hydrogens is 1540 g/mol. The maximum absolute atomic E-state index is 14.1. The second-order valence-electron chi connectivity index (χ2n) is 29.6. The summed E-state index contributed by atoms with van der Waals surface area (Å²) < 4.78 is 55.6. The van der Waals surface area contributed by atoms with Gasteiger partial charge in [0, 0.05) is 89.9 Å². The van der Waals surface area contributed by atoms with Crippen LogP contribution in [0.5, 0.6) is 0 Å². The van der Waals surface area contributed by atoms with E-state index in [2.05, 4.69) is 21.3 Å². The van der Waals surface area contributed by atoms with E-state index < -0.39 is 253 Å². The normalized spacial score (nSPS) is 32.7. The summed E-state index contributed by atoms with van der Waals surface area (Å²) in [5, 5.41) is 177. The molecule has 6 rings (SSSR count). The molecule has 0 radical (unpaired) electrons. The van der Waals surface area contributed by atoms with Crippen molar-refractivity contribution in [3.8, 4) is 0 Å². The SMILES string of the molecule is C[C@@H]1O[C@@H](OCCCC(=O)CCCCCNC(=O)[C@H](CCC(=O)NCCO[C@@H]2O[C@@H](C)[C@@H](O)[C@@H](O)[C@@H]2O)CC(=O)CN(CC(=O)NCCCCCC(=O)CCCO[C@H]2O[C@H](CO[C@H]3O[C@H](CO)[C@@H](O)[C@H](O)[C@@H]3O)[C@@H](O)[C@H](O[C@H]3O[C@H](CO)[C@@H](O)[C@H](O)[C@@H]3O)[C@@H]2O)CC(=O)NCCCCCC(=O)ON2C(=O)CCC2=O)[C@@H](O)[C@H](O)[C@@H]1O. The second-order valence-corrected chi connectivity index (χ2v) is 29.6. The zero-order valence-corrected chi connectivity index (χ0v) is 64.7. The molecule has 6 saturated heterocycles. The molecule has 43 nitrogen and oxygen atoms in total. The first-order valence-electron chi connectivity index (χ1n) is 39.3. The summed E-state index contributed by atoms with van der Waals surface area (Å²) in [6.45, 7) is -1.12. The highest BCUT2D eigenvalue weighted by atomic mass is 16.8. The van der Waals surface area contributed by atoms with Gasteiger partial charge in [-0.05, 0) is 71.6 Å². The third-order valence-corrected chi connectivity index (χ3v) is 20.3. The number of ether oxygens (including phenoxy) is 10. The van der Waals surface area contributed by atoms with Gasteiger partial charge < -0.3 is 155 Å². The molecule has 0 unspecified atom stereocenters. The van der Waals surface area contributed by atoms with Gasteiger partial charge in [-0.2, -0.15) is 0 Å². The fourth-order valence-corrected chi connectivity index (χ4v) is 13.4. The van der Waals surface area contributed by atoms with Gasteiger partial charge in [-0.1, -0.05) is 19.3 Å². The zero-order valence-electron chi connectivity index (χ0n) is 64.7. The van der Waals surface area contributed by atoms with Crippen LogP contribution in [0.4, 0.5) is 0 Å². The Bertz CT molecular complexity index is 3010. The molecule has 0 aromatic heterocycles. The van der Waals surface area contributed by atoms with E-state index in [4.69, 9.17) is 52.2 Å². The average Bonchev–Trinajstić information content (AvgIpc) is 0.874. The number of hydrogen-bond acceptors (Lipinski definition) is 38. The van der Waals surface area contributed by atoms with Crippen molar-refractivity contribution < 1.29 is 182 Å². The molecule has 0 aromatic carbocycles. The van der Waals surface area contributed by atoms with E-state index in [1.54, 1.807) is 0 Å². The van der Waals surface area contributed by atoms with Crippen LogP contribution >= 0.6 is 0 Å². The molecule has 660 valence electrons. The molecule has 20 N–H and O–H groups in total. The van der Waals surface area contributed by atoms with Crippen molar-refractivity contribution in [1.82, 2.24) is 31.2 Å². The third-order valence-electron chi connectivity index (χ3n) is 20.3. The molecule has 115 heavy (non-hydrogen) atoms. The number of hydroxylamine groups is 2. The number of carbonyl (C=O) groups excluding carboxylic acids is 10. The summed E-state index contributed by atoms with van der Waals surface area (Å²) in [6, 6.07) is 0. The number of Topliss-reactive ketones (excluding diaryl/α,β-unsaturated/α-hetero) is 3. The van der Waals surface area contributed by atoms with Crippen molar-refractivity contribution >= 4 is 58.8 Å². The molecule has 26 atom stereocenters. The van der Waals surface area contributed by atoms with Crippen LogP contribution in [0.3, 0.4) is 0 Å². The summed E-state index contributed by atoms with van der Waals surface area (Å²) in [4.78, 5) is 136. The highest BCUT2D eigenvalue weighted by molar-refractivity contribution is 6.01. The molecule has 6 aliphatic heterocycles. The lowest BCUT2D eigenvalue weighted by atomic mass is 9.95. The van der Waals surface area contributed by atoms with Crippen molar-refractivity contribution in [3.05, 3.63) is 0 Å². The lowest BCUT2D eigenvalue weighted by Crippen LogP contribution is -2.65. The number of hydrogen-bond donors (Lipinski definition) is 20. The second kappa shape index (κ2) is 50.5. The van der Waals surface area contributed by atoms with E-state index in [9.17, 15) is 130 Å². The maximum atomic E-state index is 14.1. The summed E-state index contributed by atoms with van der Waals surface area (Å²) in [7, 11) is 0. The molecule has 0 aliphatic carbocycles. The fourth-order valence-electron chi connectivity index (χ4n) is 13.4. The van der Waals surface area contributed by atoms with Gasteiger partial charge in [0.05, 0.1) is 71.5 Å². The summed E-state index contributed by atoms with van der Waals surface area (Å²) in [5.41, 5.74) is 0. The molecule has 6 heterocycles. The number of unbranched alkanes of at least 4 members (excludes halogenated alkanes) is 6. The highest BCUT2D eigenvalue weighted by Gasteiger charge is 2.53. The Labute approximate surface area is 663 Å². The number of ketones is 3. The van der Waals surface area contributed by atoms with Gasteiger partial charge in [0.1, 0.15) is 127 Å². The highest BCUT2D eigenvalue weighted by Crippen LogP contribution is 2.32. The van der Waals surface area contributed by atoms with Gasteiger partial charge >= 0.3 is 5.97 Å². The van der Waals surface area contributed by atoms with E-state index in [1.165, 1.54) is 18.7 Å². The van der Waals surface area contributed by atoms with Crippen LogP contribution < -0.4 is 21.3 Å². The van der Waals surface area contributed by atoms with Crippen LogP contribution in [0.1, 0.15) is 149 Å². The predicted molar refractivity (Wildman–Crippen MR) is 383 cm³/mol. The van der Waals surface area contributed by atoms with E-state index >= 15 is 0 Å². The largest absolute Gasteiger partial charge is 0.394 e. The van der Waals surface area contributed by atoms with Gasteiger partial charge in [-0.3, -0.25) is 48.1 Å². The molecule has 0 bridgehead atoms. The van der Waals surface area contributed by atoms with E-state index in [0.29, 0.717) is 56.4 Å². The monoisotopic (exact) mass is 1660 g/mol. The van der Waals surface area contributed by atoms with Gasteiger partial charge in [0.15, 0.2) is 31.5 Å². The lowest BCUT2D eigenvalue weighted by molar-refractivity contribution is -0.366. The Morgan fingerprint density at radius 2 is 0.826 bits per heavy atom. The molecule has 0 aromatic rings. The Morgan fingerprint density at radius 3 is 1.33 bits per heavy atom. The summed E-state index contributed by atoms with van der Waals surface area (Å²) in [5.74, 6) is -6.44. The Hall–Kier alpha value is -5.58. The number of rotatable bonds is 52. The topological polar surface area (TPSA) is 651 Å². The number of carbonyl (C=O) groups is 10. The molecule has 6 fully saturated rings. The quantitative estimate of drug-likeness (QED) is 0.0199. The maximum Gasteiger partial charge on any atom is 0.333 e. The smallest absolute Gasteiger partial charge is 0.333 e. The van der Waals surface area contributed by atoms with E-state index in [0.717, 1.165) is 0 Å².